The minimum absolute atomic E-state index is 0.0110. The largest absolute Gasteiger partial charge is 0.480 e. The molecular weight excluding hydrogens is 276 g/mol. The van der Waals surface area contributed by atoms with Crippen LogP contribution in [-0.2, 0) is 11.2 Å². The summed E-state index contributed by atoms with van der Waals surface area (Å²) in [6, 6.07) is 3.57. The molecule has 2 aromatic rings. The van der Waals surface area contributed by atoms with E-state index in [0.717, 1.165) is 36.1 Å². The number of hydrogen-bond donors (Lipinski definition) is 1. The van der Waals surface area contributed by atoms with Crippen LogP contribution < -0.4 is 0 Å². The lowest BCUT2D eigenvalue weighted by Crippen LogP contribution is -2.25. The first-order valence-corrected chi connectivity index (χ1v) is 8.07. The summed E-state index contributed by atoms with van der Waals surface area (Å²) < 4.78 is 1.95. The zero-order valence-electron chi connectivity index (χ0n) is 14.2. The van der Waals surface area contributed by atoms with Gasteiger partial charge in [0.25, 0.3) is 0 Å². The van der Waals surface area contributed by atoms with E-state index in [9.17, 15) is 9.90 Å². The number of fused-ring (bicyclic) bond motifs is 1. The first kappa shape index (κ1) is 16.5. The molecule has 1 aromatic heterocycles. The highest BCUT2D eigenvalue weighted by Gasteiger charge is 2.28. The quantitative estimate of drug-likeness (QED) is 0.866. The summed E-state index contributed by atoms with van der Waals surface area (Å²) in [5.74, 6) is 0.116. The van der Waals surface area contributed by atoms with Gasteiger partial charge < -0.3 is 9.67 Å². The van der Waals surface area contributed by atoms with Crippen molar-refractivity contribution in [3.8, 4) is 0 Å². The first-order chi connectivity index (χ1) is 10.4. The smallest absolute Gasteiger partial charge is 0.327 e. The van der Waals surface area contributed by atoms with Crippen molar-refractivity contribution in [2.24, 2.45) is 5.92 Å². The Kier molecular flexibility index (Phi) is 4.89. The number of benzene rings is 1. The molecule has 4 nitrogen and oxygen atoms in total. The molecule has 0 amide bonds. The van der Waals surface area contributed by atoms with Gasteiger partial charge in [-0.1, -0.05) is 27.2 Å². The molecule has 0 bridgehead atoms. The van der Waals surface area contributed by atoms with Gasteiger partial charge in [0.15, 0.2) is 0 Å². The molecule has 0 saturated heterocycles. The van der Waals surface area contributed by atoms with Crippen molar-refractivity contribution < 1.29 is 9.90 Å². The van der Waals surface area contributed by atoms with Crippen molar-refractivity contribution in [1.29, 1.82) is 0 Å². The molecule has 0 aliphatic heterocycles. The summed E-state index contributed by atoms with van der Waals surface area (Å²) >= 11 is 0. The first-order valence-electron chi connectivity index (χ1n) is 8.07. The van der Waals surface area contributed by atoms with E-state index in [-0.39, 0.29) is 5.92 Å². The van der Waals surface area contributed by atoms with Crippen LogP contribution >= 0.6 is 0 Å². The summed E-state index contributed by atoms with van der Waals surface area (Å²) in [7, 11) is 0. The number of aliphatic carboxylic acids is 1. The maximum Gasteiger partial charge on any atom is 0.327 e. The Bertz CT molecular complexity index is 686. The SMILES string of the molecule is CCCCc1nc2cc(C)c(C)cc2n1C(C(=O)O)C(C)C. The van der Waals surface area contributed by atoms with Crippen LogP contribution in [0.4, 0.5) is 0 Å². The molecule has 1 atom stereocenters. The van der Waals surface area contributed by atoms with E-state index in [1.807, 2.05) is 18.4 Å². The van der Waals surface area contributed by atoms with Crippen molar-refractivity contribution in [3.05, 3.63) is 29.1 Å². The number of aryl methyl sites for hydroxylation is 3. The summed E-state index contributed by atoms with van der Waals surface area (Å²) in [5.41, 5.74) is 4.20. The van der Waals surface area contributed by atoms with Crippen molar-refractivity contribution in [3.63, 3.8) is 0 Å². The van der Waals surface area contributed by atoms with Crippen LogP contribution in [0.3, 0.4) is 0 Å². The fourth-order valence-electron chi connectivity index (χ4n) is 2.92. The van der Waals surface area contributed by atoms with Crippen LogP contribution in [0.5, 0.6) is 0 Å². The lowest BCUT2D eigenvalue weighted by Gasteiger charge is -2.21. The summed E-state index contributed by atoms with van der Waals surface area (Å²) in [5, 5.41) is 9.70. The van der Waals surface area contributed by atoms with Gasteiger partial charge in [0, 0.05) is 6.42 Å². The number of aromatic nitrogens is 2. The second-order valence-electron chi connectivity index (χ2n) is 6.45. The van der Waals surface area contributed by atoms with Crippen LogP contribution in [0.2, 0.25) is 0 Å². The van der Waals surface area contributed by atoms with E-state index in [1.54, 1.807) is 0 Å². The Morgan fingerprint density at radius 1 is 1.27 bits per heavy atom. The number of nitrogens with zero attached hydrogens (tertiary/aromatic N) is 2. The highest BCUT2D eigenvalue weighted by Crippen LogP contribution is 2.29. The topological polar surface area (TPSA) is 55.1 Å². The maximum atomic E-state index is 11.8. The van der Waals surface area contributed by atoms with Gasteiger partial charge in [-0.05, 0) is 49.4 Å². The van der Waals surface area contributed by atoms with Gasteiger partial charge >= 0.3 is 5.97 Å². The molecule has 0 fully saturated rings. The summed E-state index contributed by atoms with van der Waals surface area (Å²) in [6.07, 6.45) is 2.91. The van der Waals surface area contributed by atoms with Crippen LogP contribution in [0.15, 0.2) is 12.1 Å². The Morgan fingerprint density at radius 2 is 1.91 bits per heavy atom. The fraction of sp³-hybridized carbons (Fsp3) is 0.556. The molecule has 1 aromatic carbocycles. The average molecular weight is 302 g/mol. The fourth-order valence-corrected chi connectivity index (χ4v) is 2.92. The summed E-state index contributed by atoms with van der Waals surface area (Å²) in [6.45, 7) is 10.2. The van der Waals surface area contributed by atoms with E-state index in [2.05, 4.69) is 32.9 Å². The third-order valence-electron chi connectivity index (χ3n) is 4.29. The number of imidazole rings is 1. The Morgan fingerprint density at radius 3 is 2.45 bits per heavy atom. The van der Waals surface area contributed by atoms with Gasteiger partial charge in [-0.3, -0.25) is 0 Å². The second-order valence-corrected chi connectivity index (χ2v) is 6.45. The molecule has 22 heavy (non-hydrogen) atoms. The molecule has 120 valence electrons. The van der Waals surface area contributed by atoms with Crippen LogP contribution in [-0.4, -0.2) is 20.6 Å². The number of rotatable bonds is 6. The molecule has 0 aliphatic rings. The van der Waals surface area contributed by atoms with Gasteiger partial charge in [-0.2, -0.15) is 0 Å². The second kappa shape index (κ2) is 6.51. The van der Waals surface area contributed by atoms with Gasteiger partial charge in [-0.15, -0.1) is 0 Å². The minimum Gasteiger partial charge on any atom is -0.480 e. The number of unbranched alkanes of at least 4 members (excludes halogenated alkanes) is 1. The molecule has 0 aliphatic carbocycles. The average Bonchev–Trinajstić information content (AvgIpc) is 2.74. The minimum atomic E-state index is -0.787. The lowest BCUT2D eigenvalue weighted by molar-refractivity contribution is -0.142. The molecule has 4 heteroatoms. The van der Waals surface area contributed by atoms with Gasteiger partial charge in [0.1, 0.15) is 11.9 Å². The van der Waals surface area contributed by atoms with Gasteiger partial charge in [0.2, 0.25) is 0 Å². The molecule has 1 unspecified atom stereocenters. The summed E-state index contributed by atoms with van der Waals surface area (Å²) in [4.78, 5) is 16.5. The molecule has 0 spiro atoms. The van der Waals surface area contributed by atoms with E-state index in [0.29, 0.717) is 0 Å². The molecule has 1 heterocycles. The standard InChI is InChI=1S/C18H26N2O2/c1-6-7-8-16-19-14-9-12(4)13(5)10-15(14)20(16)17(11(2)3)18(21)22/h9-11,17H,6-8H2,1-5H3,(H,21,22). The molecular formula is C18H26N2O2. The van der Waals surface area contributed by atoms with E-state index in [1.165, 1.54) is 11.1 Å². The van der Waals surface area contributed by atoms with Crippen molar-refractivity contribution >= 4 is 17.0 Å². The van der Waals surface area contributed by atoms with E-state index >= 15 is 0 Å². The number of hydrogen-bond acceptors (Lipinski definition) is 2. The highest BCUT2D eigenvalue weighted by atomic mass is 16.4. The van der Waals surface area contributed by atoms with Gasteiger partial charge in [-0.25, -0.2) is 9.78 Å². The predicted molar refractivity (Wildman–Crippen MR) is 89.3 cm³/mol. The van der Waals surface area contributed by atoms with Crippen LogP contribution in [0, 0.1) is 19.8 Å². The molecule has 0 saturated carbocycles. The predicted octanol–water partition coefficient (Wildman–Crippen LogP) is 4.28. The van der Waals surface area contributed by atoms with Crippen LogP contribution in [0.1, 0.15) is 56.6 Å². The Hall–Kier alpha value is -1.84. The number of carbonyl (C=O) groups is 1. The third kappa shape index (κ3) is 3.01. The zero-order chi connectivity index (χ0) is 16.4. The normalized spacial score (nSPS) is 13.0. The number of carboxylic acids is 1. The molecule has 0 radical (unpaired) electrons. The molecule has 1 N–H and O–H groups in total. The van der Waals surface area contributed by atoms with Gasteiger partial charge in [0.05, 0.1) is 11.0 Å². The molecule has 2 rings (SSSR count). The monoisotopic (exact) mass is 302 g/mol. The highest BCUT2D eigenvalue weighted by molar-refractivity contribution is 5.82. The number of carboxylic acid groups (broad SMARTS) is 1. The zero-order valence-corrected chi connectivity index (χ0v) is 14.2. The van der Waals surface area contributed by atoms with Crippen molar-refractivity contribution in [1.82, 2.24) is 9.55 Å². The van der Waals surface area contributed by atoms with Crippen molar-refractivity contribution in [2.75, 3.05) is 0 Å². The van der Waals surface area contributed by atoms with E-state index < -0.39 is 12.0 Å². The lowest BCUT2D eigenvalue weighted by atomic mass is 10.0. The van der Waals surface area contributed by atoms with Crippen molar-refractivity contribution in [2.45, 2.75) is 59.9 Å². The maximum absolute atomic E-state index is 11.8. The van der Waals surface area contributed by atoms with E-state index in [4.69, 9.17) is 4.98 Å². The Balaban J connectivity index is 2.70. The third-order valence-corrected chi connectivity index (χ3v) is 4.29. The Labute approximate surface area is 132 Å². The van der Waals surface area contributed by atoms with Crippen LogP contribution in [0.25, 0.3) is 11.0 Å².